The Morgan fingerprint density at radius 2 is 1.82 bits per heavy atom. The smallest absolute Gasteiger partial charge is 0.256 e. The van der Waals surface area contributed by atoms with Crippen LogP contribution < -0.4 is 0 Å². The number of rotatable bonds is 9. The number of piperidine rings is 1. The normalized spacial score (nSPS) is 18.5. The van der Waals surface area contributed by atoms with E-state index in [0.29, 0.717) is 23.1 Å². The molecule has 1 amide bonds. The summed E-state index contributed by atoms with van der Waals surface area (Å²) >= 11 is 7.69. The van der Waals surface area contributed by atoms with Gasteiger partial charge in [0.15, 0.2) is 0 Å². The van der Waals surface area contributed by atoms with Crippen LogP contribution in [0.25, 0.3) is 11.3 Å². The van der Waals surface area contributed by atoms with Crippen LogP contribution in [-0.4, -0.2) is 84.2 Å². The summed E-state index contributed by atoms with van der Waals surface area (Å²) in [7, 11) is 2.21. The molecule has 4 rings (SSSR count). The van der Waals surface area contributed by atoms with Crippen molar-refractivity contribution >= 4 is 29.3 Å². The molecule has 0 bridgehead atoms. The van der Waals surface area contributed by atoms with Gasteiger partial charge < -0.3 is 14.2 Å². The van der Waals surface area contributed by atoms with Crippen LogP contribution in [0, 0.1) is 5.92 Å². The molecular weight excluding hydrogens is 468 g/mol. The van der Waals surface area contributed by atoms with Crippen LogP contribution in [0.15, 0.2) is 33.9 Å². The van der Waals surface area contributed by atoms with Gasteiger partial charge in [-0.25, -0.2) is 4.98 Å². The molecule has 2 aliphatic rings. The van der Waals surface area contributed by atoms with E-state index in [1.165, 1.54) is 32.5 Å². The minimum absolute atomic E-state index is 0.208. The molecular formula is C26H37ClN4O2S. The van der Waals surface area contributed by atoms with Crippen LogP contribution in [0.2, 0.25) is 5.02 Å². The number of amides is 1. The quantitative estimate of drug-likeness (QED) is 0.452. The van der Waals surface area contributed by atoms with Crippen LogP contribution in [0.5, 0.6) is 0 Å². The lowest BCUT2D eigenvalue weighted by atomic mass is 9.96. The summed E-state index contributed by atoms with van der Waals surface area (Å²) in [6.07, 6.45) is 4.65. The third-order valence-corrected chi connectivity index (χ3v) is 8.16. The number of halogens is 1. The van der Waals surface area contributed by atoms with Crippen molar-refractivity contribution in [1.82, 2.24) is 19.7 Å². The lowest BCUT2D eigenvalue weighted by molar-refractivity contribution is -0.133. The number of nitrogens with zero attached hydrogens (tertiary/aromatic N) is 4. The zero-order valence-electron chi connectivity index (χ0n) is 20.5. The fourth-order valence-electron chi connectivity index (χ4n) is 4.75. The molecule has 2 aromatic rings. The number of hydrogen-bond acceptors (Lipinski definition) is 6. The Morgan fingerprint density at radius 3 is 2.50 bits per heavy atom. The van der Waals surface area contributed by atoms with Gasteiger partial charge in [0.25, 0.3) is 5.22 Å². The average molecular weight is 505 g/mol. The first-order valence-electron chi connectivity index (χ1n) is 12.6. The molecule has 0 spiro atoms. The molecule has 0 saturated carbocycles. The Hall–Kier alpha value is -1.54. The van der Waals surface area contributed by atoms with Crippen LogP contribution >= 0.6 is 23.4 Å². The first-order valence-corrected chi connectivity index (χ1v) is 13.9. The molecule has 8 heteroatoms. The second kappa shape index (κ2) is 12.4. The average Bonchev–Trinajstić information content (AvgIpc) is 3.26. The fourth-order valence-corrected chi connectivity index (χ4v) is 5.57. The highest BCUT2D eigenvalue weighted by molar-refractivity contribution is 7.99. The Kier molecular flexibility index (Phi) is 9.34. The first-order chi connectivity index (χ1) is 16.5. The molecule has 0 N–H and O–H groups in total. The Bertz CT molecular complexity index is 919. The van der Waals surface area contributed by atoms with E-state index >= 15 is 0 Å². The van der Waals surface area contributed by atoms with Crippen molar-refractivity contribution in [3.63, 3.8) is 0 Å². The second-order valence-electron chi connectivity index (χ2n) is 9.53. The molecule has 0 radical (unpaired) electrons. The highest BCUT2D eigenvalue weighted by Crippen LogP contribution is 2.30. The standard InChI is InChI=1S/C26H37ClN4O2S/c1-3-18-34-26-28-25(21-4-6-22(27)7-5-21)23(33-26)8-9-24(32)31-16-14-30(15-17-31)19-20-10-12-29(2)13-11-20/h4-7,20H,3,8-19H2,1-2H3. The van der Waals surface area contributed by atoms with Gasteiger partial charge in [0.1, 0.15) is 11.5 Å². The van der Waals surface area contributed by atoms with E-state index in [1.54, 1.807) is 11.8 Å². The third kappa shape index (κ3) is 7.00. The molecule has 3 heterocycles. The maximum absolute atomic E-state index is 13.0. The monoisotopic (exact) mass is 504 g/mol. The van der Waals surface area contributed by atoms with Crippen molar-refractivity contribution in [1.29, 1.82) is 0 Å². The molecule has 6 nitrogen and oxygen atoms in total. The SMILES string of the molecule is CCCSc1nc(-c2ccc(Cl)cc2)c(CCC(=O)N2CCN(CC3CCN(C)CC3)CC2)o1. The van der Waals surface area contributed by atoms with Crippen molar-refractivity contribution in [2.45, 2.75) is 44.3 Å². The van der Waals surface area contributed by atoms with Crippen LogP contribution in [0.1, 0.15) is 38.4 Å². The van der Waals surface area contributed by atoms with Gasteiger partial charge in [-0.2, -0.15) is 0 Å². The summed E-state index contributed by atoms with van der Waals surface area (Å²) in [5.41, 5.74) is 1.80. The van der Waals surface area contributed by atoms with E-state index in [4.69, 9.17) is 21.0 Å². The maximum Gasteiger partial charge on any atom is 0.256 e. The van der Waals surface area contributed by atoms with Crippen molar-refractivity contribution < 1.29 is 9.21 Å². The van der Waals surface area contributed by atoms with E-state index in [-0.39, 0.29) is 5.91 Å². The summed E-state index contributed by atoms with van der Waals surface area (Å²) < 4.78 is 6.08. The molecule has 2 fully saturated rings. The van der Waals surface area contributed by atoms with Gasteiger partial charge in [-0.1, -0.05) is 42.4 Å². The molecule has 2 saturated heterocycles. The predicted octanol–water partition coefficient (Wildman–Crippen LogP) is 4.92. The third-order valence-electron chi connectivity index (χ3n) is 6.87. The van der Waals surface area contributed by atoms with Crippen LogP contribution in [0.3, 0.4) is 0 Å². The minimum atomic E-state index is 0.208. The molecule has 0 aliphatic carbocycles. The molecule has 186 valence electrons. The largest absolute Gasteiger partial charge is 0.436 e. The van der Waals surface area contributed by atoms with E-state index in [1.807, 2.05) is 29.2 Å². The molecule has 34 heavy (non-hydrogen) atoms. The van der Waals surface area contributed by atoms with Crippen molar-refractivity contribution in [3.8, 4) is 11.3 Å². The number of piperazine rings is 1. The number of carbonyl (C=O) groups excluding carboxylic acids is 1. The molecule has 0 atom stereocenters. The Morgan fingerprint density at radius 1 is 1.12 bits per heavy atom. The van der Waals surface area contributed by atoms with E-state index in [0.717, 1.165) is 61.3 Å². The topological polar surface area (TPSA) is 52.8 Å². The fraction of sp³-hybridized carbons (Fsp3) is 0.615. The molecule has 0 unspecified atom stereocenters. The number of carbonyl (C=O) groups is 1. The Balaban J connectivity index is 1.30. The predicted molar refractivity (Wildman–Crippen MR) is 140 cm³/mol. The van der Waals surface area contributed by atoms with Crippen LogP contribution in [0.4, 0.5) is 0 Å². The summed E-state index contributed by atoms with van der Waals surface area (Å²) in [4.78, 5) is 24.7. The molecule has 1 aromatic heterocycles. The summed E-state index contributed by atoms with van der Waals surface area (Å²) in [5.74, 6) is 2.76. The number of benzene rings is 1. The van der Waals surface area contributed by atoms with Crippen molar-refractivity contribution in [3.05, 3.63) is 35.0 Å². The van der Waals surface area contributed by atoms with Gasteiger partial charge in [0.2, 0.25) is 5.91 Å². The van der Waals surface area contributed by atoms with Gasteiger partial charge in [-0.05, 0) is 57.5 Å². The number of thioether (sulfide) groups is 1. The van der Waals surface area contributed by atoms with E-state index < -0.39 is 0 Å². The van der Waals surface area contributed by atoms with E-state index in [9.17, 15) is 4.79 Å². The zero-order chi connectivity index (χ0) is 23.9. The lowest BCUT2D eigenvalue weighted by Crippen LogP contribution is -2.50. The highest BCUT2D eigenvalue weighted by atomic mass is 35.5. The van der Waals surface area contributed by atoms with Crippen molar-refractivity contribution in [2.24, 2.45) is 5.92 Å². The first kappa shape index (κ1) is 25.5. The van der Waals surface area contributed by atoms with Gasteiger partial charge in [-0.3, -0.25) is 9.69 Å². The van der Waals surface area contributed by atoms with Gasteiger partial charge in [0.05, 0.1) is 0 Å². The second-order valence-corrected chi connectivity index (χ2v) is 11.0. The number of aryl methyl sites for hydroxylation is 1. The number of oxazole rings is 1. The summed E-state index contributed by atoms with van der Waals surface area (Å²) in [5, 5.41) is 1.37. The zero-order valence-corrected chi connectivity index (χ0v) is 22.0. The summed E-state index contributed by atoms with van der Waals surface area (Å²) in [6.45, 7) is 9.35. The highest BCUT2D eigenvalue weighted by Gasteiger charge is 2.25. The number of aromatic nitrogens is 1. The molecule has 2 aliphatic heterocycles. The maximum atomic E-state index is 13.0. The van der Waals surface area contributed by atoms with Gasteiger partial charge >= 0.3 is 0 Å². The number of hydrogen-bond donors (Lipinski definition) is 0. The molecule has 1 aromatic carbocycles. The minimum Gasteiger partial charge on any atom is -0.436 e. The van der Waals surface area contributed by atoms with Crippen LogP contribution in [-0.2, 0) is 11.2 Å². The van der Waals surface area contributed by atoms with Gasteiger partial charge in [0, 0.05) is 61.9 Å². The van der Waals surface area contributed by atoms with Gasteiger partial charge in [-0.15, -0.1) is 0 Å². The van der Waals surface area contributed by atoms with E-state index in [2.05, 4.69) is 23.8 Å². The lowest BCUT2D eigenvalue weighted by Gasteiger charge is -2.38. The van der Waals surface area contributed by atoms with Crippen molar-refractivity contribution in [2.75, 3.05) is 58.6 Å². The Labute approximate surface area is 213 Å². The summed E-state index contributed by atoms with van der Waals surface area (Å²) in [6, 6.07) is 7.65. The number of likely N-dealkylation sites (tertiary alicyclic amines) is 1.